The average molecular weight is 287 g/mol. The molecule has 0 aliphatic carbocycles. The predicted molar refractivity (Wildman–Crippen MR) is 84.4 cm³/mol. The summed E-state index contributed by atoms with van der Waals surface area (Å²) in [5.74, 6) is -0.197. The highest BCUT2D eigenvalue weighted by molar-refractivity contribution is 5.97. The Balaban J connectivity index is 1.90. The van der Waals surface area contributed by atoms with Crippen molar-refractivity contribution < 1.29 is 4.79 Å². The molecule has 0 saturated heterocycles. The number of carbonyl (C=O) groups excluding carboxylic acids is 1. The molecule has 0 saturated carbocycles. The molecule has 112 valence electrons. The summed E-state index contributed by atoms with van der Waals surface area (Å²) in [7, 11) is 3.71. The van der Waals surface area contributed by atoms with E-state index in [1.165, 1.54) is 4.68 Å². The molecule has 0 spiro atoms. The maximum absolute atomic E-state index is 12.1. The molecule has 0 bridgehead atoms. The molecule has 1 aromatic carbocycles. The molecule has 1 aromatic heterocycles. The first kappa shape index (κ1) is 14.9. The van der Waals surface area contributed by atoms with Crippen molar-refractivity contribution in [1.29, 1.82) is 0 Å². The van der Waals surface area contributed by atoms with E-state index in [1.54, 1.807) is 14.0 Å². The van der Waals surface area contributed by atoms with Gasteiger partial charge in [0.2, 0.25) is 0 Å². The fourth-order valence-corrected chi connectivity index (χ4v) is 2.18. The number of para-hydroxylation sites is 1. The first-order valence-corrected chi connectivity index (χ1v) is 6.84. The van der Waals surface area contributed by atoms with E-state index in [9.17, 15) is 4.79 Å². The maximum atomic E-state index is 12.1. The van der Waals surface area contributed by atoms with E-state index >= 15 is 0 Å². The third-order valence-electron chi connectivity index (χ3n) is 3.41. The molecular formula is C15H21N5O. The summed E-state index contributed by atoms with van der Waals surface area (Å²) in [4.78, 5) is 14.2. The SMILES string of the molecule is Cc1nn(C)c(C(=O)NCCN(C)c2ccccc2)c1N. The van der Waals surface area contributed by atoms with Crippen LogP contribution in [0.2, 0.25) is 0 Å². The van der Waals surface area contributed by atoms with Crippen LogP contribution >= 0.6 is 0 Å². The number of likely N-dealkylation sites (N-methyl/N-ethyl adjacent to an activating group) is 1. The summed E-state index contributed by atoms with van der Waals surface area (Å²) in [6.45, 7) is 3.04. The van der Waals surface area contributed by atoms with Gasteiger partial charge in [0, 0.05) is 32.9 Å². The fourth-order valence-electron chi connectivity index (χ4n) is 2.18. The van der Waals surface area contributed by atoms with Crippen molar-refractivity contribution in [2.45, 2.75) is 6.92 Å². The zero-order chi connectivity index (χ0) is 15.4. The van der Waals surface area contributed by atoms with Crippen molar-refractivity contribution in [3.8, 4) is 0 Å². The van der Waals surface area contributed by atoms with Gasteiger partial charge in [-0.1, -0.05) is 18.2 Å². The Labute approximate surface area is 124 Å². The number of aromatic nitrogens is 2. The molecule has 0 aliphatic rings. The lowest BCUT2D eigenvalue weighted by Crippen LogP contribution is -2.34. The van der Waals surface area contributed by atoms with E-state index in [0.717, 1.165) is 5.69 Å². The van der Waals surface area contributed by atoms with Crippen LogP contribution < -0.4 is 16.0 Å². The number of nitrogen functional groups attached to an aromatic ring is 1. The van der Waals surface area contributed by atoms with Crippen LogP contribution in [0.5, 0.6) is 0 Å². The summed E-state index contributed by atoms with van der Waals surface area (Å²) in [6, 6.07) is 10.0. The Morgan fingerprint density at radius 1 is 1.38 bits per heavy atom. The second kappa shape index (κ2) is 6.30. The van der Waals surface area contributed by atoms with Crippen LogP contribution in [0.25, 0.3) is 0 Å². The van der Waals surface area contributed by atoms with Gasteiger partial charge < -0.3 is 16.0 Å². The maximum Gasteiger partial charge on any atom is 0.271 e. The minimum Gasteiger partial charge on any atom is -0.395 e. The molecular weight excluding hydrogens is 266 g/mol. The Hall–Kier alpha value is -2.50. The third kappa shape index (κ3) is 3.34. The van der Waals surface area contributed by atoms with Crippen LogP contribution in [0.1, 0.15) is 16.2 Å². The van der Waals surface area contributed by atoms with Crippen molar-refractivity contribution in [2.24, 2.45) is 7.05 Å². The van der Waals surface area contributed by atoms with Gasteiger partial charge in [-0.05, 0) is 19.1 Å². The van der Waals surface area contributed by atoms with Gasteiger partial charge in [-0.15, -0.1) is 0 Å². The number of anilines is 2. The molecule has 0 unspecified atom stereocenters. The van der Waals surface area contributed by atoms with E-state index in [0.29, 0.717) is 30.2 Å². The second-order valence-corrected chi connectivity index (χ2v) is 4.98. The highest BCUT2D eigenvalue weighted by Gasteiger charge is 2.17. The van der Waals surface area contributed by atoms with Gasteiger partial charge >= 0.3 is 0 Å². The Morgan fingerprint density at radius 3 is 2.62 bits per heavy atom. The van der Waals surface area contributed by atoms with E-state index in [4.69, 9.17) is 5.73 Å². The lowest BCUT2D eigenvalue weighted by atomic mass is 10.3. The molecule has 1 heterocycles. The monoisotopic (exact) mass is 287 g/mol. The van der Waals surface area contributed by atoms with E-state index in [1.807, 2.05) is 37.4 Å². The number of aryl methyl sites for hydroxylation is 2. The van der Waals surface area contributed by atoms with E-state index in [-0.39, 0.29) is 5.91 Å². The summed E-state index contributed by atoms with van der Waals surface area (Å²) in [6.07, 6.45) is 0. The average Bonchev–Trinajstić information content (AvgIpc) is 2.73. The van der Waals surface area contributed by atoms with Crippen molar-refractivity contribution in [3.63, 3.8) is 0 Å². The number of nitrogens with zero attached hydrogens (tertiary/aromatic N) is 3. The minimum absolute atomic E-state index is 0.197. The van der Waals surface area contributed by atoms with Gasteiger partial charge in [-0.3, -0.25) is 9.48 Å². The standard InChI is InChI=1S/C15H21N5O/c1-11-13(16)14(20(3)18-11)15(21)17-9-10-19(2)12-7-5-4-6-8-12/h4-8H,9-10,16H2,1-3H3,(H,17,21). The Kier molecular flexibility index (Phi) is 4.47. The summed E-state index contributed by atoms with van der Waals surface area (Å²) >= 11 is 0. The first-order chi connectivity index (χ1) is 10.0. The highest BCUT2D eigenvalue weighted by atomic mass is 16.2. The molecule has 2 aromatic rings. The highest BCUT2D eigenvalue weighted by Crippen LogP contribution is 2.15. The van der Waals surface area contributed by atoms with Crippen molar-refractivity contribution >= 4 is 17.3 Å². The molecule has 2 rings (SSSR count). The van der Waals surface area contributed by atoms with Crippen molar-refractivity contribution in [1.82, 2.24) is 15.1 Å². The lowest BCUT2D eigenvalue weighted by Gasteiger charge is -2.19. The number of hydrogen-bond donors (Lipinski definition) is 2. The predicted octanol–water partition coefficient (Wildman–Crippen LogP) is 1.18. The van der Waals surface area contributed by atoms with Crippen molar-refractivity contribution in [3.05, 3.63) is 41.7 Å². The van der Waals surface area contributed by atoms with Gasteiger partial charge in [0.05, 0.1) is 11.4 Å². The molecule has 6 nitrogen and oxygen atoms in total. The molecule has 0 fully saturated rings. The molecule has 3 N–H and O–H groups in total. The summed E-state index contributed by atoms with van der Waals surface area (Å²) in [5.41, 5.74) is 8.50. The van der Waals surface area contributed by atoms with Crippen LogP contribution in [0.3, 0.4) is 0 Å². The number of carbonyl (C=O) groups is 1. The van der Waals surface area contributed by atoms with Crippen LogP contribution in [0.4, 0.5) is 11.4 Å². The molecule has 0 atom stereocenters. The largest absolute Gasteiger partial charge is 0.395 e. The van der Waals surface area contributed by atoms with Gasteiger partial charge in [-0.25, -0.2) is 0 Å². The van der Waals surface area contributed by atoms with Crippen LogP contribution in [0, 0.1) is 6.92 Å². The fraction of sp³-hybridized carbons (Fsp3) is 0.333. The number of rotatable bonds is 5. The Bertz CT molecular complexity index is 620. The topological polar surface area (TPSA) is 76.2 Å². The smallest absolute Gasteiger partial charge is 0.271 e. The van der Waals surface area contributed by atoms with E-state index in [2.05, 4.69) is 15.3 Å². The zero-order valence-corrected chi connectivity index (χ0v) is 12.6. The number of hydrogen-bond acceptors (Lipinski definition) is 4. The molecule has 1 amide bonds. The normalized spacial score (nSPS) is 10.4. The third-order valence-corrected chi connectivity index (χ3v) is 3.41. The van der Waals surface area contributed by atoms with Gasteiger partial charge in [0.1, 0.15) is 5.69 Å². The van der Waals surface area contributed by atoms with Crippen molar-refractivity contribution in [2.75, 3.05) is 30.8 Å². The van der Waals surface area contributed by atoms with Gasteiger partial charge in [0.15, 0.2) is 0 Å². The zero-order valence-electron chi connectivity index (χ0n) is 12.6. The van der Waals surface area contributed by atoms with E-state index < -0.39 is 0 Å². The molecule has 21 heavy (non-hydrogen) atoms. The Morgan fingerprint density at radius 2 is 2.05 bits per heavy atom. The number of nitrogens with one attached hydrogen (secondary N) is 1. The quantitative estimate of drug-likeness (QED) is 0.865. The number of amides is 1. The van der Waals surface area contributed by atoms with Gasteiger partial charge in [-0.2, -0.15) is 5.10 Å². The number of nitrogens with two attached hydrogens (primary N) is 1. The summed E-state index contributed by atoms with van der Waals surface area (Å²) in [5, 5.41) is 7.02. The van der Waals surface area contributed by atoms with Crippen LogP contribution in [-0.4, -0.2) is 35.8 Å². The second-order valence-electron chi connectivity index (χ2n) is 4.98. The molecule has 6 heteroatoms. The molecule has 0 aliphatic heterocycles. The van der Waals surface area contributed by atoms with Crippen LogP contribution in [-0.2, 0) is 7.05 Å². The number of benzene rings is 1. The minimum atomic E-state index is -0.197. The summed E-state index contributed by atoms with van der Waals surface area (Å²) < 4.78 is 1.51. The van der Waals surface area contributed by atoms with Gasteiger partial charge in [0.25, 0.3) is 5.91 Å². The lowest BCUT2D eigenvalue weighted by molar-refractivity contribution is 0.0946. The first-order valence-electron chi connectivity index (χ1n) is 6.84. The molecule has 0 radical (unpaired) electrons. The van der Waals surface area contributed by atoms with Crippen LogP contribution in [0.15, 0.2) is 30.3 Å².